The Morgan fingerprint density at radius 2 is 1.72 bits per heavy atom. The van der Waals surface area contributed by atoms with Crippen LogP contribution in [-0.2, 0) is 13.0 Å². The molecule has 5 rings (SSSR count). The van der Waals surface area contributed by atoms with E-state index < -0.39 is 0 Å². The molecular weight excluding hydrogens is 402 g/mol. The molecule has 2 aliphatic rings. The third kappa shape index (κ3) is 4.25. The van der Waals surface area contributed by atoms with Gasteiger partial charge in [-0.2, -0.15) is 0 Å². The maximum absolute atomic E-state index is 12.7. The SMILES string of the molecule is Cc1nnc(C2CN(Cc3ccccc3)CC23CN(C(=O)NCCc2ccccc2)C3)o1. The lowest BCUT2D eigenvalue weighted by atomic mass is 9.71. The standard InChI is InChI=1S/C25H29N5O2/c1-19-27-28-23(32-19)22-15-29(14-21-10-6-3-7-11-21)16-25(22)17-30(18-25)24(31)26-13-12-20-8-4-2-5-9-20/h2-11,22H,12-18H2,1H3,(H,26,31). The second-order valence-electron chi connectivity index (χ2n) is 9.05. The predicted molar refractivity (Wildman–Crippen MR) is 121 cm³/mol. The number of aryl methyl sites for hydroxylation is 1. The lowest BCUT2D eigenvalue weighted by molar-refractivity contribution is 0.0213. The molecule has 0 saturated carbocycles. The van der Waals surface area contributed by atoms with Crippen LogP contribution in [-0.4, -0.2) is 58.8 Å². The van der Waals surface area contributed by atoms with Crippen molar-refractivity contribution in [1.29, 1.82) is 0 Å². The fourth-order valence-electron chi connectivity index (χ4n) is 5.07. The fourth-order valence-corrected chi connectivity index (χ4v) is 5.07. The number of likely N-dealkylation sites (tertiary alicyclic amines) is 2. The fraction of sp³-hybridized carbons (Fsp3) is 0.400. The van der Waals surface area contributed by atoms with Gasteiger partial charge in [0.2, 0.25) is 11.8 Å². The van der Waals surface area contributed by atoms with Crippen molar-refractivity contribution in [2.75, 3.05) is 32.7 Å². The second-order valence-corrected chi connectivity index (χ2v) is 9.05. The average molecular weight is 432 g/mol. The number of carbonyl (C=O) groups excluding carboxylic acids is 1. The molecule has 0 bridgehead atoms. The molecule has 1 atom stereocenters. The third-order valence-corrected chi connectivity index (χ3v) is 6.64. The molecule has 2 saturated heterocycles. The number of benzene rings is 2. The van der Waals surface area contributed by atoms with Crippen molar-refractivity contribution in [3.05, 3.63) is 83.6 Å². The monoisotopic (exact) mass is 431 g/mol. The van der Waals surface area contributed by atoms with Crippen molar-refractivity contribution in [2.45, 2.75) is 25.8 Å². The molecule has 7 heteroatoms. The van der Waals surface area contributed by atoms with Gasteiger partial charge >= 0.3 is 6.03 Å². The van der Waals surface area contributed by atoms with E-state index in [4.69, 9.17) is 4.42 Å². The summed E-state index contributed by atoms with van der Waals surface area (Å²) in [5.41, 5.74) is 2.48. The highest BCUT2D eigenvalue weighted by Crippen LogP contribution is 2.49. The van der Waals surface area contributed by atoms with Crippen molar-refractivity contribution in [3.63, 3.8) is 0 Å². The Balaban J connectivity index is 1.22. The Bertz CT molecular complexity index is 1050. The Morgan fingerprint density at radius 3 is 2.38 bits per heavy atom. The number of hydrogen-bond acceptors (Lipinski definition) is 5. The summed E-state index contributed by atoms with van der Waals surface area (Å²) < 4.78 is 5.84. The molecule has 2 aromatic carbocycles. The van der Waals surface area contributed by atoms with Crippen LogP contribution in [0.5, 0.6) is 0 Å². The molecule has 2 fully saturated rings. The van der Waals surface area contributed by atoms with E-state index in [9.17, 15) is 4.79 Å². The number of aromatic nitrogens is 2. The molecule has 3 aromatic rings. The van der Waals surface area contributed by atoms with Crippen molar-refractivity contribution >= 4 is 6.03 Å². The van der Waals surface area contributed by atoms with Gasteiger partial charge in [0.15, 0.2) is 0 Å². The highest BCUT2D eigenvalue weighted by atomic mass is 16.4. The molecule has 32 heavy (non-hydrogen) atoms. The van der Waals surface area contributed by atoms with Crippen LogP contribution in [0.1, 0.15) is 28.8 Å². The lowest BCUT2D eigenvalue weighted by Crippen LogP contribution is -2.63. The first-order valence-corrected chi connectivity index (χ1v) is 11.2. The van der Waals surface area contributed by atoms with Crippen molar-refractivity contribution in [1.82, 2.24) is 25.3 Å². The Kier molecular flexibility index (Phi) is 5.66. The van der Waals surface area contributed by atoms with Gasteiger partial charge in [-0.1, -0.05) is 60.7 Å². The highest BCUT2D eigenvalue weighted by molar-refractivity contribution is 5.75. The topological polar surface area (TPSA) is 74.5 Å². The van der Waals surface area contributed by atoms with Crippen LogP contribution in [0, 0.1) is 12.3 Å². The van der Waals surface area contributed by atoms with E-state index in [1.807, 2.05) is 36.1 Å². The quantitative estimate of drug-likeness (QED) is 0.649. The summed E-state index contributed by atoms with van der Waals surface area (Å²) in [4.78, 5) is 17.1. The molecule has 1 unspecified atom stereocenters. The molecular formula is C25H29N5O2. The maximum Gasteiger partial charge on any atom is 0.317 e. The zero-order chi connectivity index (χ0) is 22.0. The van der Waals surface area contributed by atoms with E-state index >= 15 is 0 Å². The lowest BCUT2D eigenvalue weighted by Gasteiger charge is -2.50. The van der Waals surface area contributed by atoms with E-state index in [1.165, 1.54) is 11.1 Å². The van der Waals surface area contributed by atoms with Crippen LogP contribution in [0.15, 0.2) is 65.1 Å². The second kappa shape index (κ2) is 8.74. The van der Waals surface area contributed by atoms with Crippen LogP contribution >= 0.6 is 0 Å². The number of amides is 2. The largest absolute Gasteiger partial charge is 0.425 e. The van der Waals surface area contributed by atoms with E-state index in [0.29, 0.717) is 31.4 Å². The first-order valence-electron chi connectivity index (χ1n) is 11.2. The van der Waals surface area contributed by atoms with Crippen LogP contribution in [0.2, 0.25) is 0 Å². The van der Waals surface area contributed by atoms with Crippen LogP contribution in [0.3, 0.4) is 0 Å². The summed E-state index contributed by atoms with van der Waals surface area (Å²) in [6.07, 6.45) is 0.834. The third-order valence-electron chi connectivity index (χ3n) is 6.64. The van der Waals surface area contributed by atoms with Gasteiger partial charge in [-0.25, -0.2) is 4.79 Å². The van der Waals surface area contributed by atoms with Gasteiger partial charge in [-0.05, 0) is 17.5 Å². The first-order chi connectivity index (χ1) is 15.6. The average Bonchev–Trinajstić information content (AvgIpc) is 3.37. The molecule has 166 valence electrons. The minimum atomic E-state index is -0.0372. The molecule has 1 spiro atoms. The number of urea groups is 1. The molecule has 3 heterocycles. The van der Waals surface area contributed by atoms with E-state index in [-0.39, 0.29) is 17.4 Å². The van der Waals surface area contributed by atoms with Gasteiger partial charge in [-0.15, -0.1) is 10.2 Å². The van der Waals surface area contributed by atoms with E-state index in [2.05, 4.69) is 56.8 Å². The smallest absolute Gasteiger partial charge is 0.317 e. The molecule has 2 aliphatic heterocycles. The zero-order valence-electron chi connectivity index (χ0n) is 18.4. The molecule has 7 nitrogen and oxygen atoms in total. The minimum Gasteiger partial charge on any atom is -0.425 e. The molecule has 0 aliphatic carbocycles. The van der Waals surface area contributed by atoms with Gasteiger partial charge in [0.1, 0.15) is 0 Å². The molecule has 0 radical (unpaired) electrons. The number of rotatable bonds is 6. The van der Waals surface area contributed by atoms with Crippen LogP contribution in [0.25, 0.3) is 0 Å². The normalized spacial score (nSPS) is 19.8. The van der Waals surface area contributed by atoms with Gasteiger partial charge < -0.3 is 14.6 Å². The summed E-state index contributed by atoms with van der Waals surface area (Å²) in [6.45, 7) is 6.55. The van der Waals surface area contributed by atoms with Gasteiger partial charge in [-0.3, -0.25) is 4.90 Å². The van der Waals surface area contributed by atoms with Gasteiger partial charge in [0, 0.05) is 51.6 Å². The maximum atomic E-state index is 12.7. The summed E-state index contributed by atoms with van der Waals surface area (Å²) in [6, 6.07) is 20.7. The minimum absolute atomic E-state index is 0.00789. The van der Waals surface area contributed by atoms with E-state index in [1.54, 1.807) is 0 Å². The van der Waals surface area contributed by atoms with E-state index in [0.717, 1.165) is 26.1 Å². The number of hydrogen-bond donors (Lipinski definition) is 1. The Labute approximate surface area is 188 Å². The molecule has 1 N–H and O–H groups in total. The summed E-state index contributed by atoms with van der Waals surface area (Å²) in [5, 5.41) is 11.5. The molecule has 1 aromatic heterocycles. The summed E-state index contributed by atoms with van der Waals surface area (Å²) in [7, 11) is 0. The predicted octanol–water partition coefficient (Wildman–Crippen LogP) is 3.23. The first kappa shape index (κ1) is 20.7. The Hall–Kier alpha value is -3.19. The number of nitrogens with one attached hydrogen (secondary N) is 1. The summed E-state index contributed by atoms with van der Waals surface area (Å²) in [5.74, 6) is 1.43. The zero-order valence-corrected chi connectivity index (χ0v) is 18.4. The number of carbonyl (C=O) groups is 1. The van der Waals surface area contributed by atoms with Crippen molar-refractivity contribution in [2.24, 2.45) is 5.41 Å². The number of nitrogens with zero attached hydrogens (tertiary/aromatic N) is 4. The van der Waals surface area contributed by atoms with Gasteiger partial charge in [0.25, 0.3) is 0 Å². The summed E-state index contributed by atoms with van der Waals surface area (Å²) >= 11 is 0. The van der Waals surface area contributed by atoms with Gasteiger partial charge in [0.05, 0.1) is 5.92 Å². The molecule has 2 amide bonds. The van der Waals surface area contributed by atoms with Crippen LogP contribution < -0.4 is 5.32 Å². The van der Waals surface area contributed by atoms with Crippen molar-refractivity contribution in [3.8, 4) is 0 Å². The Morgan fingerprint density at radius 1 is 1.03 bits per heavy atom. The van der Waals surface area contributed by atoms with Crippen LogP contribution in [0.4, 0.5) is 4.79 Å². The highest BCUT2D eigenvalue weighted by Gasteiger charge is 2.57. The van der Waals surface area contributed by atoms with Crippen molar-refractivity contribution < 1.29 is 9.21 Å².